The predicted molar refractivity (Wildman–Crippen MR) is 62.3 cm³/mol. The number of hydrogen-bond acceptors (Lipinski definition) is 2. The Morgan fingerprint density at radius 1 is 1.20 bits per heavy atom. The monoisotopic (exact) mass is 208 g/mol. The first-order valence-corrected chi connectivity index (χ1v) is 5.47. The summed E-state index contributed by atoms with van der Waals surface area (Å²) in [6.07, 6.45) is 0. The van der Waals surface area contributed by atoms with Crippen LogP contribution in [-0.4, -0.2) is 18.3 Å². The van der Waals surface area contributed by atoms with E-state index in [1.165, 1.54) is 5.56 Å². The van der Waals surface area contributed by atoms with E-state index in [0.29, 0.717) is 12.5 Å². The van der Waals surface area contributed by atoms with E-state index >= 15 is 0 Å². The zero-order valence-electron chi connectivity index (χ0n) is 9.73. The van der Waals surface area contributed by atoms with Crippen LogP contribution in [0.3, 0.4) is 0 Å². The van der Waals surface area contributed by atoms with Gasteiger partial charge in [0, 0.05) is 12.5 Å². The molecule has 0 radical (unpaired) electrons. The van der Waals surface area contributed by atoms with Gasteiger partial charge in [-0.25, -0.2) is 0 Å². The molecule has 1 aromatic rings. The SMILES string of the molecule is CC(C)c1ccccc1OC[C@@H](C)CO. The summed E-state index contributed by atoms with van der Waals surface area (Å²) in [5, 5.41) is 8.91. The van der Waals surface area contributed by atoms with Crippen LogP contribution in [0.4, 0.5) is 0 Å². The second-order valence-corrected chi connectivity index (χ2v) is 4.29. The third-order valence-electron chi connectivity index (χ3n) is 2.38. The summed E-state index contributed by atoms with van der Waals surface area (Å²) in [6, 6.07) is 8.07. The van der Waals surface area contributed by atoms with Crippen molar-refractivity contribution in [2.24, 2.45) is 5.92 Å². The summed E-state index contributed by atoms with van der Waals surface area (Å²) in [6.45, 7) is 7.01. The van der Waals surface area contributed by atoms with Gasteiger partial charge < -0.3 is 9.84 Å². The van der Waals surface area contributed by atoms with E-state index in [4.69, 9.17) is 9.84 Å². The molecule has 1 aromatic carbocycles. The summed E-state index contributed by atoms with van der Waals surface area (Å²) in [4.78, 5) is 0. The molecule has 0 aliphatic rings. The van der Waals surface area contributed by atoms with Crippen LogP contribution in [0.5, 0.6) is 5.75 Å². The van der Waals surface area contributed by atoms with Gasteiger partial charge in [0.2, 0.25) is 0 Å². The van der Waals surface area contributed by atoms with Crippen molar-refractivity contribution in [1.29, 1.82) is 0 Å². The van der Waals surface area contributed by atoms with Gasteiger partial charge in [-0.15, -0.1) is 0 Å². The van der Waals surface area contributed by atoms with E-state index in [0.717, 1.165) is 5.75 Å². The molecule has 15 heavy (non-hydrogen) atoms. The largest absolute Gasteiger partial charge is 0.493 e. The first kappa shape index (κ1) is 12.1. The van der Waals surface area contributed by atoms with Crippen LogP contribution < -0.4 is 4.74 Å². The fourth-order valence-corrected chi connectivity index (χ4v) is 1.37. The maximum absolute atomic E-state index is 8.91. The number of aliphatic hydroxyl groups is 1. The molecule has 0 aliphatic carbocycles. The van der Waals surface area contributed by atoms with E-state index in [9.17, 15) is 0 Å². The van der Waals surface area contributed by atoms with Crippen molar-refractivity contribution in [1.82, 2.24) is 0 Å². The van der Waals surface area contributed by atoms with Gasteiger partial charge in [0.1, 0.15) is 5.75 Å². The lowest BCUT2D eigenvalue weighted by atomic mass is 10.0. The van der Waals surface area contributed by atoms with Gasteiger partial charge in [-0.2, -0.15) is 0 Å². The molecule has 0 aromatic heterocycles. The van der Waals surface area contributed by atoms with Crippen molar-refractivity contribution < 1.29 is 9.84 Å². The molecule has 0 saturated heterocycles. The van der Waals surface area contributed by atoms with E-state index in [1.807, 2.05) is 25.1 Å². The second kappa shape index (κ2) is 5.76. The highest BCUT2D eigenvalue weighted by atomic mass is 16.5. The van der Waals surface area contributed by atoms with Gasteiger partial charge in [0.05, 0.1) is 6.61 Å². The average Bonchev–Trinajstić information content (AvgIpc) is 2.26. The van der Waals surface area contributed by atoms with Crippen LogP contribution in [0.25, 0.3) is 0 Å². The number of benzene rings is 1. The quantitative estimate of drug-likeness (QED) is 0.806. The zero-order valence-corrected chi connectivity index (χ0v) is 9.73. The first-order chi connectivity index (χ1) is 7.15. The highest BCUT2D eigenvalue weighted by Crippen LogP contribution is 2.26. The van der Waals surface area contributed by atoms with Crippen LogP contribution >= 0.6 is 0 Å². The fraction of sp³-hybridized carbons (Fsp3) is 0.538. The molecule has 0 saturated carbocycles. The number of para-hydroxylation sites is 1. The maximum atomic E-state index is 8.91. The molecule has 1 N–H and O–H groups in total. The Bertz CT molecular complexity index is 294. The molecule has 0 spiro atoms. The summed E-state index contributed by atoms with van der Waals surface area (Å²) >= 11 is 0. The number of aliphatic hydroxyl groups excluding tert-OH is 1. The zero-order chi connectivity index (χ0) is 11.3. The molecule has 2 heteroatoms. The Kier molecular flexibility index (Phi) is 4.63. The minimum Gasteiger partial charge on any atom is -0.493 e. The van der Waals surface area contributed by atoms with Crippen LogP contribution in [0.2, 0.25) is 0 Å². The van der Waals surface area contributed by atoms with Gasteiger partial charge in [-0.3, -0.25) is 0 Å². The van der Waals surface area contributed by atoms with E-state index in [-0.39, 0.29) is 12.5 Å². The molecule has 0 aliphatic heterocycles. The van der Waals surface area contributed by atoms with E-state index in [2.05, 4.69) is 19.9 Å². The minimum absolute atomic E-state index is 0.170. The Labute approximate surface area is 91.9 Å². The highest BCUT2D eigenvalue weighted by Gasteiger charge is 2.08. The summed E-state index contributed by atoms with van der Waals surface area (Å²) in [5.74, 6) is 1.59. The number of rotatable bonds is 5. The summed E-state index contributed by atoms with van der Waals surface area (Å²) < 4.78 is 5.69. The molecule has 2 nitrogen and oxygen atoms in total. The standard InChI is InChI=1S/C13H20O2/c1-10(2)12-6-4-5-7-13(12)15-9-11(3)8-14/h4-7,10-11,14H,8-9H2,1-3H3/t11-/m0/s1. The number of hydrogen-bond donors (Lipinski definition) is 1. The normalized spacial score (nSPS) is 12.9. The molecule has 0 amide bonds. The Morgan fingerprint density at radius 2 is 1.87 bits per heavy atom. The van der Waals surface area contributed by atoms with Crippen LogP contribution in [0.15, 0.2) is 24.3 Å². The van der Waals surface area contributed by atoms with Crippen molar-refractivity contribution in [3.8, 4) is 5.75 Å². The lowest BCUT2D eigenvalue weighted by Crippen LogP contribution is -2.13. The smallest absolute Gasteiger partial charge is 0.122 e. The molecule has 0 fully saturated rings. The lowest BCUT2D eigenvalue weighted by molar-refractivity contribution is 0.173. The third-order valence-corrected chi connectivity index (χ3v) is 2.38. The van der Waals surface area contributed by atoms with Gasteiger partial charge >= 0.3 is 0 Å². The third kappa shape index (κ3) is 3.56. The second-order valence-electron chi connectivity index (χ2n) is 4.29. The molecule has 84 valence electrons. The average molecular weight is 208 g/mol. The minimum atomic E-state index is 0.170. The molecular formula is C13H20O2. The summed E-state index contributed by atoms with van der Waals surface area (Å²) in [5.41, 5.74) is 1.22. The van der Waals surface area contributed by atoms with Gasteiger partial charge in [0.25, 0.3) is 0 Å². The van der Waals surface area contributed by atoms with Gasteiger partial charge in [-0.1, -0.05) is 39.0 Å². The topological polar surface area (TPSA) is 29.5 Å². The van der Waals surface area contributed by atoms with Gasteiger partial charge in [0.15, 0.2) is 0 Å². The van der Waals surface area contributed by atoms with E-state index in [1.54, 1.807) is 0 Å². The summed E-state index contributed by atoms with van der Waals surface area (Å²) in [7, 11) is 0. The maximum Gasteiger partial charge on any atom is 0.122 e. The van der Waals surface area contributed by atoms with Crippen molar-refractivity contribution in [2.45, 2.75) is 26.7 Å². The molecule has 0 heterocycles. The molecular weight excluding hydrogens is 188 g/mol. The molecule has 0 unspecified atom stereocenters. The van der Waals surface area contributed by atoms with Crippen molar-refractivity contribution >= 4 is 0 Å². The van der Waals surface area contributed by atoms with Crippen molar-refractivity contribution in [3.05, 3.63) is 29.8 Å². The lowest BCUT2D eigenvalue weighted by Gasteiger charge is -2.15. The van der Waals surface area contributed by atoms with Crippen LogP contribution in [-0.2, 0) is 0 Å². The predicted octanol–water partition coefficient (Wildman–Crippen LogP) is 2.82. The van der Waals surface area contributed by atoms with Crippen molar-refractivity contribution in [3.63, 3.8) is 0 Å². The van der Waals surface area contributed by atoms with E-state index < -0.39 is 0 Å². The van der Waals surface area contributed by atoms with Crippen LogP contribution in [0, 0.1) is 5.92 Å². The Morgan fingerprint density at radius 3 is 2.47 bits per heavy atom. The molecule has 1 atom stereocenters. The number of ether oxygens (including phenoxy) is 1. The van der Waals surface area contributed by atoms with Gasteiger partial charge in [-0.05, 0) is 17.5 Å². The Balaban J connectivity index is 2.67. The van der Waals surface area contributed by atoms with Crippen molar-refractivity contribution in [2.75, 3.05) is 13.2 Å². The molecule has 0 bridgehead atoms. The fourth-order valence-electron chi connectivity index (χ4n) is 1.37. The van der Waals surface area contributed by atoms with Crippen LogP contribution in [0.1, 0.15) is 32.3 Å². The Hall–Kier alpha value is -1.02. The highest BCUT2D eigenvalue weighted by molar-refractivity contribution is 5.35. The first-order valence-electron chi connectivity index (χ1n) is 5.47. The molecule has 1 rings (SSSR count).